The number of carbonyl (C=O) groups excluding carboxylic acids is 1. The van der Waals surface area contributed by atoms with E-state index in [2.05, 4.69) is 0 Å². The van der Waals surface area contributed by atoms with Crippen molar-refractivity contribution in [1.82, 2.24) is 0 Å². The Bertz CT molecular complexity index is 556. The molecule has 0 unspecified atom stereocenters. The smallest absolute Gasteiger partial charge is 0.416 e. The minimum absolute atomic E-state index is 0.137. The van der Waals surface area contributed by atoms with Crippen molar-refractivity contribution in [3.63, 3.8) is 0 Å². The number of halogens is 3. The van der Waals surface area contributed by atoms with Crippen LogP contribution in [-0.2, 0) is 10.9 Å². The molecule has 1 aliphatic rings. The van der Waals surface area contributed by atoms with E-state index in [1.807, 2.05) is 0 Å². The number of nitrogens with zero attached hydrogens (tertiary/aromatic N) is 1. The van der Waals surface area contributed by atoms with Crippen LogP contribution >= 0.6 is 0 Å². The first-order chi connectivity index (χ1) is 9.29. The van der Waals surface area contributed by atoms with E-state index in [0.29, 0.717) is 12.5 Å². The molecule has 108 valence electrons. The van der Waals surface area contributed by atoms with Gasteiger partial charge in [0.05, 0.1) is 17.7 Å². The van der Waals surface area contributed by atoms with Gasteiger partial charge in [0.25, 0.3) is 0 Å². The first-order valence-electron chi connectivity index (χ1n) is 5.69. The van der Waals surface area contributed by atoms with Gasteiger partial charge in [-0.15, -0.1) is 0 Å². The van der Waals surface area contributed by atoms with Crippen molar-refractivity contribution in [2.24, 2.45) is 0 Å². The van der Waals surface area contributed by atoms with Gasteiger partial charge in [0.2, 0.25) is 0 Å². The van der Waals surface area contributed by atoms with Crippen molar-refractivity contribution in [2.75, 3.05) is 18.1 Å². The van der Waals surface area contributed by atoms with Crippen LogP contribution in [0.15, 0.2) is 18.2 Å². The fourth-order valence-electron chi connectivity index (χ4n) is 1.84. The van der Waals surface area contributed by atoms with Gasteiger partial charge in [-0.3, -0.25) is 4.90 Å². The summed E-state index contributed by atoms with van der Waals surface area (Å²) < 4.78 is 43.0. The maximum atomic E-state index is 12.7. The average molecular weight is 289 g/mol. The molecule has 0 spiro atoms. The van der Waals surface area contributed by atoms with Crippen LogP contribution in [0.3, 0.4) is 0 Å². The summed E-state index contributed by atoms with van der Waals surface area (Å²) in [6.07, 6.45) is -5.02. The molecule has 1 aromatic carbocycles. The van der Waals surface area contributed by atoms with Crippen LogP contribution in [0.5, 0.6) is 0 Å². The van der Waals surface area contributed by atoms with Gasteiger partial charge in [0.15, 0.2) is 0 Å². The molecule has 0 saturated carbocycles. The minimum atomic E-state index is -4.69. The topological polar surface area (TPSA) is 66.8 Å². The third-order valence-electron chi connectivity index (χ3n) is 2.78. The maximum Gasteiger partial charge on any atom is 0.416 e. The first kappa shape index (κ1) is 14.2. The second-order valence-corrected chi connectivity index (χ2v) is 4.19. The van der Waals surface area contributed by atoms with Crippen molar-refractivity contribution in [3.05, 3.63) is 29.3 Å². The van der Waals surface area contributed by atoms with E-state index in [-0.39, 0.29) is 18.8 Å². The van der Waals surface area contributed by atoms with E-state index in [1.165, 1.54) is 0 Å². The van der Waals surface area contributed by atoms with Gasteiger partial charge in [0.1, 0.15) is 0 Å². The zero-order chi connectivity index (χ0) is 14.9. The molecule has 0 aliphatic carbocycles. The third kappa shape index (κ3) is 2.84. The molecule has 1 amide bonds. The standard InChI is InChI=1S/C12H10F3NO4/c13-12(14,15)8-4-7(10(17)18)5-9(6-8)16-2-1-3-20-11(16)19/h4-6H,1-3H2,(H,17,18). The van der Waals surface area contributed by atoms with Crippen molar-refractivity contribution < 1.29 is 32.6 Å². The van der Waals surface area contributed by atoms with Crippen molar-refractivity contribution in [3.8, 4) is 0 Å². The van der Waals surface area contributed by atoms with Crippen LogP contribution in [0.1, 0.15) is 22.3 Å². The van der Waals surface area contributed by atoms with Crippen molar-refractivity contribution in [1.29, 1.82) is 0 Å². The summed E-state index contributed by atoms with van der Waals surface area (Å²) in [5.41, 5.74) is -1.79. The Morgan fingerprint density at radius 1 is 1.30 bits per heavy atom. The quantitative estimate of drug-likeness (QED) is 0.909. The molecule has 1 saturated heterocycles. The molecular weight excluding hydrogens is 279 g/mol. The minimum Gasteiger partial charge on any atom is -0.478 e. The summed E-state index contributed by atoms with van der Waals surface area (Å²) in [4.78, 5) is 23.4. The van der Waals surface area contributed by atoms with Gasteiger partial charge >= 0.3 is 18.2 Å². The number of alkyl halides is 3. The predicted molar refractivity (Wildman–Crippen MR) is 61.7 cm³/mol. The van der Waals surface area contributed by atoms with Gasteiger partial charge in [-0.05, 0) is 24.6 Å². The predicted octanol–water partition coefficient (Wildman–Crippen LogP) is 2.75. The Balaban J connectivity index is 2.49. The van der Waals surface area contributed by atoms with E-state index in [4.69, 9.17) is 9.84 Å². The van der Waals surface area contributed by atoms with E-state index >= 15 is 0 Å². The lowest BCUT2D eigenvalue weighted by molar-refractivity contribution is -0.137. The monoisotopic (exact) mass is 289 g/mol. The third-order valence-corrected chi connectivity index (χ3v) is 2.78. The molecule has 5 nitrogen and oxygen atoms in total. The molecule has 1 heterocycles. The number of ether oxygens (including phenoxy) is 1. The zero-order valence-electron chi connectivity index (χ0n) is 10.1. The lowest BCUT2D eigenvalue weighted by atomic mass is 10.1. The number of rotatable bonds is 2. The Labute approximate surface area is 111 Å². The Morgan fingerprint density at radius 3 is 2.55 bits per heavy atom. The number of carboxylic acids is 1. The highest BCUT2D eigenvalue weighted by atomic mass is 19.4. The number of hydrogen-bond donors (Lipinski definition) is 1. The number of amides is 1. The summed E-state index contributed by atoms with van der Waals surface area (Å²) >= 11 is 0. The van der Waals surface area contributed by atoms with Crippen LogP contribution in [-0.4, -0.2) is 30.3 Å². The van der Waals surface area contributed by atoms with Gasteiger partial charge in [0, 0.05) is 12.2 Å². The second-order valence-electron chi connectivity index (χ2n) is 4.19. The molecule has 2 rings (SSSR count). The maximum absolute atomic E-state index is 12.7. The fraction of sp³-hybridized carbons (Fsp3) is 0.333. The van der Waals surface area contributed by atoms with Crippen molar-refractivity contribution >= 4 is 17.7 Å². The van der Waals surface area contributed by atoms with E-state index in [9.17, 15) is 22.8 Å². The average Bonchev–Trinajstić information content (AvgIpc) is 2.37. The summed E-state index contributed by atoms with van der Waals surface area (Å²) in [6.45, 7) is 0.374. The SMILES string of the molecule is O=C(O)c1cc(N2CCCOC2=O)cc(C(F)(F)F)c1. The fourth-order valence-corrected chi connectivity index (χ4v) is 1.84. The Kier molecular flexibility index (Phi) is 3.56. The van der Waals surface area contributed by atoms with E-state index in [0.717, 1.165) is 17.0 Å². The molecule has 0 radical (unpaired) electrons. The lowest BCUT2D eigenvalue weighted by Crippen LogP contribution is -2.37. The number of benzene rings is 1. The lowest BCUT2D eigenvalue weighted by Gasteiger charge is -2.27. The van der Waals surface area contributed by atoms with Gasteiger partial charge < -0.3 is 9.84 Å². The number of anilines is 1. The summed E-state index contributed by atoms with van der Waals surface area (Å²) in [6, 6.07) is 2.28. The highest BCUT2D eigenvalue weighted by molar-refractivity contribution is 5.93. The summed E-state index contributed by atoms with van der Waals surface area (Å²) in [5, 5.41) is 8.86. The van der Waals surface area contributed by atoms with Gasteiger partial charge in [-0.1, -0.05) is 0 Å². The van der Waals surface area contributed by atoms with Crippen molar-refractivity contribution in [2.45, 2.75) is 12.6 Å². The van der Waals surface area contributed by atoms with E-state index in [1.54, 1.807) is 0 Å². The molecule has 1 fully saturated rings. The number of cyclic esters (lactones) is 1. The molecule has 0 bridgehead atoms. The Hall–Kier alpha value is -2.25. The van der Waals surface area contributed by atoms with E-state index < -0.39 is 29.4 Å². The highest BCUT2D eigenvalue weighted by Crippen LogP contribution is 2.33. The first-order valence-corrected chi connectivity index (χ1v) is 5.69. The zero-order valence-corrected chi connectivity index (χ0v) is 10.1. The van der Waals surface area contributed by atoms with Crippen LogP contribution in [0.25, 0.3) is 0 Å². The molecule has 0 atom stereocenters. The molecular formula is C12H10F3NO4. The summed E-state index contributed by atoms with van der Waals surface area (Å²) in [5.74, 6) is -1.50. The molecule has 8 heteroatoms. The molecule has 1 aliphatic heterocycles. The second kappa shape index (κ2) is 5.03. The van der Waals surface area contributed by atoms with Crippen LogP contribution in [0.4, 0.5) is 23.7 Å². The summed E-state index contributed by atoms with van der Waals surface area (Å²) in [7, 11) is 0. The molecule has 0 aromatic heterocycles. The van der Waals surface area contributed by atoms with Gasteiger partial charge in [-0.25, -0.2) is 9.59 Å². The van der Waals surface area contributed by atoms with Gasteiger partial charge in [-0.2, -0.15) is 13.2 Å². The number of hydrogen-bond acceptors (Lipinski definition) is 3. The number of carboxylic acid groups (broad SMARTS) is 1. The van der Waals surface area contributed by atoms with Crippen LogP contribution < -0.4 is 4.90 Å². The largest absolute Gasteiger partial charge is 0.478 e. The molecule has 1 aromatic rings. The van der Waals surface area contributed by atoms with Crippen LogP contribution in [0.2, 0.25) is 0 Å². The number of aromatic carboxylic acids is 1. The number of carbonyl (C=O) groups is 2. The highest BCUT2D eigenvalue weighted by Gasteiger charge is 2.33. The molecule has 20 heavy (non-hydrogen) atoms. The van der Waals surface area contributed by atoms with Crippen LogP contribution in [0, 0.1) is 0 Å². The Morgan fingerprint density at radius 2 is 2.00 bits per heavy atom. The molecule has 1 N–H and O–H groups in total. The normalized spacial score (nSPS) is 15.9.